The van der Waals surface area contributed by atoms with Gasteiger partial charge in [-0.15, -0.1) is 22.7 Å². The van der Waals surface area contributed by atoms with Gasteiger partial charge in [0.05, 0.1) is 55.5 Å². The van der Waals surface area contributed by atoms with Crippen LogP contribution in [0.4, 0.5) is 9.59 Å². The van der Waals surface area contributed by atoms with Crippen LogP contribution in [0.2, 0.25) is 0 Å². The van der Waals surface area contributed by atoms with Crippen LogP contribution in [0, 0.1) is 11.8 Å². The molecule has 0 saturated heterocycles. The smallest absolute Gasteiger partial charge is 0.407 e. The van der Waals surface area contributed by atoms with Gasteiger partial charge in [0.2, 0.25) is 14.2 Å². The molecule has 0 saturated carbocycles. The molecule has 13 nitrogen and oxygen atoms in total. The van der Waals surface area contributed by atoms with E-state index in [0.29, 0.717) is 47.4 Å². The molecule has 0 aliphatic rings. The average Bonchev–Trinajstić information content (AvgIpc) is 3.93. The number of aliphatic hydroxyl groups is 2. The van der Waals surface area contributed by atoms with Crippen molar-refractivity contribution in [1.29, 1.82) is 0 Å². The molecule has 6 aromatic rings. The lowest BCUT2D eigenvalue weighted by atomic mass is 9.83. The molecule has 4 N–H and O–H groups in total. The molecule has 2 heterocycles. The number of alkyl carbamates (subject to hydrolysis) is 2. The topological polar surface area (TPSA) is 194 Å². The number of hydrogen-bond acceptors (Lipinski definition) is 13. The Morgan fingerprint density at radius 1 is 0.630 bits per heavy atom. The van der Waals surface area contributed by atoms with E-state index < -0.39 is 68.3 Å². The number of sulfone groups is 1. The second-order valence-electron chi connectivity index (χ2n) is 21.8. The summed E-state index contributed by atoms with van der Waals surface area (Å²) in [5, 5.41) is 28.7. The molecule has 398 valence electrons. The van der Waals surface area contributed by atoms with Crippen LogP contribution in [-0.2, 0) is 43.0 Å². The third kappa shape index (κ3) is 19.5. The Labute approximate surface area is 443 Å². The minimum Gasteiger partial charge on any atom is -0.444 e. The maximum Gasteiger partial charge on any atom is 0.407 e. The third-order valence-corrected chi connectivity index (χ3v) is 16.8. The maximum absolute atomic E-state index is 12.6. The van der Waals surface area contributed by atoms with Gasteiger partial charge in [-0.05, 0) is 150 Å². The molecular weight excluding hydrogens is 1000 g/mol. The van der Waals surface area contributed by atoms with E-state index in [1.165, 1.54) is 11.3 Å². The summed E-state index contributed by atoms with van der Waals surface area (Å²) < 4.78 is 49.3. The summed E-state index contributed by atoms with van der Waals surface area (Å²) >= 11 is 2.61. The Morgan fingerprint density at radius 2 is 1.03 bits per heavy atom. The molecule has 4 aromatic carbocycles. The van der Waals surface area contributed by atoms with Gasteiger partial charge in [0, 0.05) is 12.5 Å². The number of carbonyl (C=O) groups excluding carboxylic acids is 2. The van der Waals surface area contributed by atoms with Crippen molar-refractivity contribution in [1.82, 2.24) is 20.6 Å². The second-order valence-corrected chi connectivity index (χ2v) is 27.6. The van der Waals surface area contributed by atoms with Crippen LogP contribution in [0.25, 0.3) is 20.4 Å². The van der Waals surface area contributed by atoms with Gasteiger partial charge < -0.3 is 30.3 Å². The van der Waals surface area contributed by atoms with Crippen LogP contribution in [0.3, 0.4) is 0 Å². The van der Waals surface area contributed by atoms with E-state index in [4.69, 9.17) is 9.47 Å². The number of aliphatic hydroxyl groups excluding tert-OH is 2. The van der Waals surface area contributed by atoms with E-state index in [0.717, 1.165) is 67.6 Å². The zero-order chi connectivity index (χ0) is 53.8. The molecule has 2 amide bonds. The second kappa shape index (κ2) is 26.1. The molecule has 0 bridgehead atoms. The molecule has 3 unspecified atom stereocenters. The first kappa shape index (κ1) is 59.1. The maximum atomic E-state index is 12.6. The van der Waals surface area contributed by atoms with Crippen molar-refractivity contribution in [3.63, 3.8) is 0 Å². The van der Waals surface area contributed by atoms with Crippen LogP contribution >= 0.6 is 22.7 Å². The predicted octanol–water partition coefficient (Wildman–Crippen LogP) is 11.8. The number of benzene rings is 4. The minimum atomic E-state index is -3.39. The number of ether oxygens (including phenoxy) is 2. The Bertz CT molecular complexity index is 2860. The summed E-state index contributed by atoms with van der Waals surface area (Å²) in [7, 11) is -4.51. The molecule has 73 heavy (non-hydrogen) atoms. The zero-order valence-corrected chi connectivity index (χ0v) is 47.6. The summed E-state index contributed by atoms with van der Waals surface area (Å²) in [5.41, 5.74) is 4.37. The van der Waals surface area contributed by atoms with Crippen LogP contribution in [0.15, 0.2) is 106 Å². The fourth-order valence-electron chi connectivity index (χ4n) is 8.64. The Hall–Kier alpha value is -4.78. The molecule has 0 spiro atoms. The van der Waals surface area contributed by atoms with Crippen LogP contribution < -0.4 is 10.6 Å². The van der Waals surface area contributed by atoms with Crippen molar-refractivity contribution in [2.45, 2.75) is 164 Å². The number of nitrogens with zero attached hydrogens (tertiary/aromatic N) is 2. The molecule has 0 aliphatic carbocycles. The number of carbonyl (C=O) groups is 2. The quantitative estimate of drug-likeness (QED) is 0.0568. The van der Waals surface area contributed by atoms with E-state index >= 15 is 0 Å². The summed E-state index contributed by atoms with van der Waals surface area (Å²) in [6.45, 7) is 19.5. The van der Waals surface area contributed by atoms with Gasteiger partial charge >= 0.3 is 12.2 Å². The SMILES string of the molecule is CC(C)CC(C[C@@H](O)[C@H](Cc1ccccc1)NC(=O)OC(C)(C)C)c1ccc2nc(S(C)(=O)=O)sc2c1.CC(C)CC(C[C@@H](O)[C@H](Cc1ccccc1)NC(=O)OC(C)(C)C)c1ccc2nc(S(C)=O)sc2c1. The molecule has 0 radical (unpaired) electrons. The number of amides is 2. The number of fused-ring (bicyclic) bond motifs is 2. The third-order valence-electron chi connectivity index (χ3n) is 11.8. The molecule has 17 heteroatoms. The molecule has 7 atom stereocenters. The first-order chi connectivity index (χ1) is 34.1. The Morgan fingerprint density at radius 3 is 1.40 bits per heavy atom. The van der Waals surface area contributed by atoms with Crippen molar-refractivity contribution in [2.24, 2.45) is 11.8 Å². The highest BCUT2D eigenvalue weighted by atomic mass is 32.2. The van der Waals surface area contributed by atoms with Crippen molar-refractivity contribution in [3.8, 4) is 0 Å². The lowest BCUT2D eigenvalue weighted by molar-refractivity contribution is 0.0395. The average molecular weight is 1080 g/mol. The molecule has 0 fully saturated rings. The van der Waals surface area contributed by atoms with Crippen molar-refractivity contribution in [3.05, 3.63) is 119 Å². The van der Waals surface area contributed by atoms with Crippen LogP contribution in [0.1, 0.15) is 129 Å². The summed E-state index contributed by atoms with van der Waals surface area (Å²) in [5.74, 6) is 0.874. The Kier molecular flexibility index (Phi) is 21.2. The summed E-state index contributed by atoms with van der Waals surface area (Å²) in [4.78, 5) is 34.0. The van der Waals surface area contributed by atoms with Gasteiger partial charge in [0.25, 0.3) is 0 Å². The summed E-state index contributed by atoms with van der Waals surface area (Å²) in [6.07, 6.45) is 3.67. The highest BCUT2D eigenvalue weighted by Gasteiger charge is 2.31. The summed E-state index contributed by atoms with van der Waals surface area (Å²) in [6, 6.07) is 30.5. The number of rotatable bonds is 20. The number of nitrogens with one attached hydrogen (secondary N) is 2. The van der Waals surface area contributed by atoms with E-state index in [-0.39, 0.29) is 16.2 Å². The van der Waals surface area contributed by atoms with Crippen molar-refractivity contribution < 1.29 is 41.9 Å². The molecular formula is C56H76N4O9S4. The molecule has 2 aromatic heterocycles. The zero-order valence-electron chi connectivity index (χ0n) is 44.4. The molecule has 0 aliphatic heterocycles. The van der Waals surface area contributed by atoms with Crippen LogP contribution in [0.5, 0.6) is 0 Å². The van der Waals surface area contributed by atoms with Crippen molar-refractivity contribution >= 4 is 75.9 Å². The lowest BCUT2D eigenvalue weighted by Crippen LogP contribution is -2.47. The monoisotopic (exact) mass is 1080 g/mol. The number of aromatic nitrogens is 2. The largest absolute Gasteiger partial charge is 0.444 e. The van der Waals surface area contributed by atoms with Gasteiger partial charge in [-0.2, -0.15) is 0 Å². The van der Waals surface area contributed by atoms with Gasteiger partial charge in [-0.3, -0.25) is 4.21 Å². The fourth-order valence-corrected chi connectivity index (χ4v) is 12.2. The first-order valence-electron chi connectivity index (χ1n) is 24.9. The predicted molar refractivity (Wildman–Crippen MR) is 297 cm³/mol. The highest BCUT2D eigenvalue weighted by Crippen LogP contribution is 2.36. The van der Waals surface area contributed by atoms with Crippen LogP contribution in [-0.4, -0.2) is 93.0 Å². The number of thiazole rings is 2. The highest BCUT2D eigenvalue weighted by molar-refractivity contribution is 7.92. The van der Waals surface area contributed by atoms with Gasteiger partial charge in [-0.25, -0.2) is 28.0 Å². The van der Waals surface area contributed by atoms with Crippen molar-refractivity contribution in [2.75, 3.05) is 12.5 Å². The number of hydrogen-bond donors (Lipinski definition) is 4. The van der Waals surface area contributed by atoms with E-state index in [1.54, 1.807) is 27.0 Å². The van der Waals surface area contributed by atoms with Gasteiger partial charge in [0.1, 0.15) is 11.2 Å². The van der Waals surface area contributed by atoms with E-state index in [1.807, 2.05) is 106 Å². The van der Waals surface area contributed by atoms with Gasteiger partial charge in [-0.1, -0.05) is 100 Å². The van der Waals surface area contributed by atoms with E-state index in [2.05, 4.69) is 60.4 Å². The Balaban J connectivity index is 0.000000271. The minimum absolute atomic E-state index is 0.00175. The fraction of sp³-hybridized carbons (Fsp3) is 0.500. The first-order valence-corrected chi connectivity index (χ1v) is 30.0. The molecule has 6 rings (SSSR count). The van der Waals surface area contributed by atoms with E-state index in [9.17, 15) is 32.4 Å². The standard InChI is InChI=1S/C28H38N2O5S2.C28H38N2O4S2/c1-18(2)14-21(20-12-13-22-25(17-20)36-27(30-22)37(6,33)34)16-24(31)23(15-19-10-8-7-9-11-19)29-26(32)35-28(3,4)5;1-18(2)14-21(20-12-13-22-25(17-20)35-27(30-22)36(6)33)16-24(31)23(15-19-10-8-7-9-11-19)29-26(32)34-28(3,4)5/h7-13,17-18,21,23-24,31H,14-16H2,1-6H3,(H,29,32);7-13,17-18,21,23-24,31H,14-16H2,1-6H3,(H,29,32)/t21?,23-,24+;21?,23-,24+,36?/m00/s1. The normalized spacial score (nSPS) is 15.2. The lowest BCUT2D eigenvalue weighted by Gasteiger charge is -2.30. The van der Waals surface area contributed by atoms with Gasteiger partial charge in [0.15, 0.2) is 4.34 Å².